The number of rotatable bonds is 14. The molecule has 1 aliphatic heterocycles. The third-order valence-electron chi connectivity index (χ3n) is 7.79. The number of pyridine rings is 1. The zero-order chi connectivity index (χ0) is 30.1. The Bertz CT molecular complexity index is 1560. The van der Waals surface area contributed by atoms with Crippen molar-refractivity contribution in [3.8, 4) is 0 Å². The molecule has 10 heteroatoms. The number of aliphatic hydroxyl groups excluding tert-OH is 1. The summed E-state index contributed by atoms with van der Waals surface area (Å²) >= 11 is 0. The van der Waals surface area contributed by atoms with Crippen molar-refractivity contribution in [1.82, 2.24) is 20.3 Å². The van der Waals surface area contributed by atoms with Crippen LogP contribution >= 0.6 is 0 Å². The van der Waals surface area contributed by atoms with Crippen molar-refractivity contribution in [1.29, 1.82) is 0 Å². The number of hydroxylamine groups is 2. The molecule has 5 rings (SSSR count). The predicted octanol–water partition coefficient (Wildman–Crippen LogP) is 4.29. The smallest absolute Gasteiger partial charge is 0.262 e. The number of aliphatic hydroxyl groups is 1. The lowest BCUT2D eigenvalue weighted by molar-refractivity contribution is 0.174. The lowest BCUT2D eigenvalue weighted by Crippen LogP contribution is -2.42. The fraction of sp³-hybridized carbons (Fsp3) is 0.303. The first kappa shape index (κ1) is 30.8. The van der Waals surface area contributed by atoms with Crippen molar-refractivity contribution in [3.05, 3.63) is 125 Å². The minimum absolute atomic E-state index is 0.152. The quantitative estimate of drug-likeness (QED) is 0.0965. The highest BCUT2D eigenvalue weighted by molar-refractivity contribution is 7.92. The van der Waals surface area contributed by atoms with Crippen LogP contribution in [0.2, 0.25) is 0 Å². The molecule has 0 bridgehead atoms. The van der Waals surface area contributed by atoms with Crippen LogP contribution in [0, 0.1) is 5.21 Å². The maximum Gasteiger partial charge on any atom is 0.262 e. The van der Waals surface area contributed by atoms with Crippen LogP contribution in [-0.4, -0.2) is 51.4 Å². The predicted molar refractivity (Wildman–Crippen MR) is 171 cm³/mol. The van der Waals surface area contributed by atoms with Crippen LogP contribution in [-0.2, 0) is 29.3 Å². The fourth-order valence-corrected chi connectivity index (χ4v) is 6.81. The van der Waals surface area contributed by atoms with Gasteiger partial charge in [-0.25, -0.2) is 8.42 Å². The number of quaternary nitrogens is 1. The van der Waals surface area contributed by atoms with Crippen LogP contribution in [0.5, 0.6) is 0 Å². The number of benzene rings is 3. The summed E-state index contributed by atoms with van der Waals surface area (Å²) in [5.74, 6) is 0. The van der Waals surface area contributed by atoms with Gasteiger partial charge in [-0.2, -0.15) is 0 Å². The number of aromatic nitrogens is 1. The van der Waals surface area contributed by atoms with Crippen molar-refractivity contribution >= 4 is 21.4 Å². The second-order valence-corrected chi connectivity index (χ2v) is 12.6. The molecule has 4 aromatic rings. The van der Waals surface area contributed by atoms with Crippen molar-refractivity contribution in [2.45, 2.75) is 36.7 Å². The van der Waals surface area contributed by atoms with Crippen molar-refractivity contribution in [2.24, 2.45) is 0 Å². The average molecular weight is 602 g/mol. The Morgan fingerprint density at radius 2 is 1.72 bits per heavy atom. The molecule has 1 fully saturated rings. The van der Waals surface area contributed by atoms with E-state index in [2.05, 4.69) is 32.5 Å². The van der Waals surface area contributed by atoms with Gasteiger partial charge in [0.05, 0.1) is 24.1 Å². The van der Waals surface area contributed by atoms with Crippen molar-refractivity contribution in [2.75, 3.05) is 37.6 Å². The van der Waals surface area contributed by atoms with Gasteiger partial charge in [-0.05, 0) is 73.7 Å². The van der Waals surface area contributed by atoms with Gasteiger partial charge in [0, 0.05) is 35.8 Å². The largest absolute Gasteiger partial charge is 0.626 e. The highest BCUT2D eigenvalue weighted by Crippen LogP contribution is 2.34. The lowest BCUT2D eigenvalue weighted by atomic mass is 10.0. The SMILES string of the molecule is O=S(=O)(Nc1ccc(CCNCC(O)c2cccnc2)cc1)c1cccc([N+]2([O-])CCNC2)c1CCCc1ccccc1. The monoisotopic (exact) mass is 601 g/mol. The van der Waals surface area contributed by atoms with E-state index in [0.29, 0.717) is 49.5 Å². The molecular weight excluding hydrogens is 562 g/mol. The topological polar surface area (TPSA) is 126 Å². The second kappa shape index (κ2) is 14.2. The highest BCUT2D eigenvalue weighted by atomic mass is 32.2. The first-order chi connectivity index (χ1) is 20.8. The molecule has 1 saturated heterocycles. The van der Waals surface area contributed by atoms with Crippen LogP contribution in [0.4, 0.5) is 11.4 Å². The van der Waals surface area contributed by atoms with Gasteiger partial charge < -0.3 is 20.3 Å². The van der Waals surface area contributed by atoms with Gasteiger partial charge in [-0.1, -0.05) is 54.6 Å². The molecule has 226 valence electrons. The molecule has 2 unspecified atom stereocenters. The van der Waals surface area contributed by atoms with Crippen LogP contribution in [0.15, 0.2) is 102 Å². The Morgan fingerprint density at radius 1 is 0.930 bits per heavy atom. The molecule has 3 aromatic carbocycles. The van der Waals surface area contributed by atoms with E-state index in [1.807, 2.05) is 36.4 Å². The third kappa shape index (κ3) is 8.05. The van der Waals surface area contributed by atoms with Gasteiger partial charge in [-0.15, -0.1) is 0 Å². The summed E-state index contributed by atoms with van der Waals surface area (Å²) in [7, 11) is -3.95. The standard InChI is InChI=1S/C33H39N5O4S/c39-32(28-10-6-19-34-23-28)24-35-20-18-27-14-16-29(17-15-27)37-43(41,42)33-13-5-12-31(38(40)22-21-36-25-38)30(33)11-4-9-26-7-2-1-3-8-26/h1-3,5-8,10,12-17,19,23,32,35-37,39H,4,9,11,18,20-22,24-25H2. The van der Waals surface area contributed by atoms with Crippen LogP contribution in [0.1, 0.15) is 34.8 Å². The Labute approximate surface area is 253 Å². The summed E-state index contributed by atoms with van der Waals surface area (Å²) in [5.41, 5.74) is 4.53. The van der Waals surface area contributed by atoms with Gasteiger partial charge in [-0.3, -0.25) is 15.0 Å². The van der Waals surface area contributed by atoms with Crippen LogP contribution in [0.25, 0.3) is 0 Å². The molecule has 4 N–H and O–H groups in total. The molecule has 0 aliphatic carbocycles. The van der Waals surface area contributed by atoms with Crippen molar-refractivity contribution < 1.29 is 13.5 Å². The Kier molecular flexibility index (Phi) is 10.2. The van der Waals surface area contributed by atoms with E-state index in [1.165, 1.54) is 5.56 Å². The summed E-state index contributed by atoms with van der Waals surface area (Å²) in [5, 5.41) is 30.3. The number of hydrogen-bond donors (Lipinski definition) is 4. The zero-order valence-electron chi connectivity index (χ0n) is 24.2. The van der Waals surface area contributed by atoms with E-state index < -0.39 is 20.8 Å². The number of nitrogens with zero attached hydrogens (tertiary/aromatic N) is 2. The average Bonchev–Trinajstić information content (AvgIpc) is 3.48. The summed E-state index contributed by atoms with van der Waals surface area (Å²) in [6, 6.07) is 26.0. The summed E-state index contributed by atoms with van der Waals surface area (Å²) < 4.78 is 29.6. The third-order valence-corrected chi connectivity index (χ3v) is 9.26. The summed E-state index contributed by atoms with van der Waals surface area (Å²) in [6.07, 6.45) is 5.40. The zero-order valence-corrected chi connectivity index (χ0v) is 25.0. The van der Waals surface area contributed by atoms with E-state index in [1.54, 1.807) is 48.8 Å². The molecule has 2 heterocycles. The van der Waals surface area contributed by atoms with Gasteiger partial charge in [0.2, 0.25) is 0 Å². The minimum Gasteiger partial charge on any atom is -0.626 e. The fourth-order valence-electron chi connectivity index (χ4n) is 5.47. The molecule has 9 nitrogen and oxygen atoms in total. The molecule has 1 aromatic heterocycles. The first-order valence-corrected chi connectivity index (χ1v) is 16.2. The van der Waals surface area contributed by atoms with Crippen LogP contribution < -0.4 is 20.0 Å². The molecule has 2 atom stereocenters. The molecule has 1 aliphatic rings. The number of sulfonamides is 1. The molecule has 0 amide bonds. The number of nitrogens with one attached hydrogen (secondary N) is 3. The van der Waals surface area contributed by atoms with E-state index in [-0.39, 0.29) is 11.6 Å². The van der Waals surface area contributed by atoms with Gasteiger partial charge in [0.15, 0.2) is 0 Å². The van der Waals surface area contributed by atoms with E-state index in [0.717, 1.165) is 30.4 Å². The van der Waals surface area contributed by atoms with Gasteiger partial charge in [0.25, 0.3) is 10.0 Å². The number of anilines is 1. The molecule has 0 saturated carbocycles. The maximum absolute atomic E-state index is 13.7. The second-order valence-electron chi connectivity index (χ2n) is 10.9. The first-order valence-electron chi connectivity index (χ1n) is 14.7. The van der Waals surface area contributed by atoms with Crippen molar-refractivity contribution in [3.63, 3.8) is 0 Å². The Balaban J connectivity index is 1.25. The van der Waals surface area contributed by atoms with E-state index in [4.69, 9.17) is 0 Å². The summed E-state index contributed by atoms with van der Waals surface area (Å²) in [6.45, 7) is 2.25. The van der Waals surface area contributed by atoms with E-state index in [9.17, 15) is 18.7 Å². The van der Waals surface area contributed by atoms with Gasteiger partial charge >= 0.3 is 0 Å². The Hall–Kier alpha value is -3.64. The van der Waals surface area contributed by atoms with Gasteiger partial charge in [0.1, 0.15) is 12.4 Å². The highest BCUT2D eigenvalue weighted by Gasteiger charge is 2.31. The lowest BCUT2D eigenvalue weighted by Gasteiger charge is -2.38. The Morgan fingerprint density at radius 3 is 2.44 bits per heavy atom. The molecule has 43 heavy (non-hydrogen) atoms. The molecule has 0 spiro atoms. The number of hydrogen-bond acceptors (Lipinski definition) is 7. The molecular formula is C33H39N5O4S. The van der Waals surface area contributed by atoms with Crippen LogP contribution in [0.3, 0.4) is 0 Å². The minimum atomic E-state index is -3.95. The molecule has 0 radical (unpaired) electrons. The number of aryl methyl sites for hydroxylation is 1. The summed E-state index contributed by atoms with van der Waals surface area (Å²) in [4.78, 5) is 4.19. The normalized spacial score (nSPS) is 17.5. The van der Waals surface area contributed by atoms with E-state index >= 15 is 0 Å². The maximum atomic E-state index is 13.7.